The van der Waals surface area contributed by atoms with E-state index in [9.17, 15) is 9.59 Å². The number of carbonyl (C=O) groups is 2. The molecule has 5 nitrogen and oxygen atoms in total. The molecule has 0 bridgehead atoms. The zero-order valence-corrected chi connectivity index (χ0v) is 14.2. The van der Waals surface area contributed by atoms with Gasteiger partial charge in [0.15, 0.2) is 0 Å². The van der Waals surface area contributed by atoms with Crippen LogP contribution < -0.4 is 10.1 Å². The van der Waals surface area contributed by atoms with Crippen molar-refractivity contribution in [3.05, 3.63) is 29.8 Å². The molecule has 1 saturated heterocycles. The summed E-state index contributed by atoms with van der Waals surface area (Å²) in [7, 11) is 1.61. The molecule has 1 heterocycles. The van der Waals surface area contributed by atoms with Gasteiger partial charge in [-0.2, -0.15) is 0 Å². The number of hydrogen-bond acceptors (Lipinski definition) is 3. The number of nitrogens with zero attached hydrogens (tertiary/aromatic N) is 1. The average molecular weight is 328 g/mol. The normalized spacial score (nSPS) is 19.9. The van der Waals surface area contributed by atoms with Crippen molar-refractivity contribution in [2.75, 3.05) is 20.2 Å². The van der Waals surface area contributed by atoms with Gasteiger partial charge in [-0.05, 0) is 24.1 Å². The second-order valence-electron chi connectivity index (χ2n) is 5.89. The first-order valence-corrected chi connectivity index (χ1v) is 8.27. The highest BCUT2D eigenvalue weighted by Gasteiger charge is 2.43. The predicted octanol–water partition coefficient (Wildman–Crippen LogP) is 2.13. The number of amides is 2. The van der Waals surface area contributed by atoms with Gasteiger partial charge in [0.25, 0.3) is 0 Å². The third-order valence-corrected chi connectivity index (χ3v) is 4.34. The first kappa shape index (κ1) is 17.9. The van der Waals surface area contributed by atoms with Gasteiger partial charge < -0.3 is 15.0 Å². The zero-order valence-electron chi connectivity index (χ0n) is 14.2. The molecule has 0 radical (unpaired) electrons. The lowest BCUT2D eigenvalue weighted by molar-refractivity contribution is -0.129. The van der Waals surface area contributed by atoms with Gasteiger partial charge in [-0.15, -0.1) is 6.42 Å². The summed E-state index contributed by atoms with van der Waals surface area (Å²) < 4.78 is 5.19. The van der Waals surface area contributed by atoms with E-state index in [4.69, 9.17) is 11.2 Å². The Morgan fingerprint density at radius 1 is 1.42 bits per heavy atom. The Kier molecular flexibility index (Phi) is 6.25. The number of rotatable bonds is 7. The summed E-state index contributed by atoms with van der Waals surface area (Å²) in [6.07, 6.45) is 7.34. The molecule has 2 rings (SSSR count). The minimum Gasteiger partial charge on any atom is -0.497 e. The smallest absolute Gasteiger partial charge is 0.226 e. The van der Waals surface area contributed by atoms with Gasteiger partial charge in [0.2, 0.25) is 11.8 Å². The first-order chi connectivity index (χ1) is 11.6. The van der Waals surface area contributed by atoms with Crippen LogP contribution in [0.25, 0.3) is 0 Å². The largest absolute Gasteiger partial charge is 0.497 e. The lowest BCUT2D eigenvalue weighted by atomic mass is 9.92. The van der Waals surface area contributed by atoms with E-state index in [-0.39, 0.29) is 30.8 Å². The highest BCUT2D eigenvalue weighted by molar-refractivity contribution is 5.90. The molecular formula is C19H24N2O3. The van der Waals surface area contributed by atoms with E-state index in [0.29, 0.717) is 6.54 Å². The summed E-state index contributed by atoms with van der Waals surface area (Å²) in [6, 6.07) is 7.29. The Bertz CT molecular complexity index is 618. The molecule has 1 N–H and O–H groups in total. The third-order valence-electron chi connectivity index (χ3n) is 4.34. The summed E-state index contributed by atoms with van der Waals surface area (Å²) in [5.41, 5.74) is 0.943. The fourth-order valence-electron chi connectivity index (χ4n) is 3.10. The molecule has 1 aliphatic rings. The van der Waals surface area contributed by atoms with Gasteiger partial charge in [0.05, 0.1) is 25.6 Å². The molecule has 0 spiro atoms. The number of ether oxygens (including phenoxy) is 1. The zero-order chi connectivity index (χ0) is 17.5. The maximum atomic E-state index is 12.5. The average Bonchev–Trinajstić information content (AvgIpc) is 2.94. The molecule has 1 aliphatic heterocycles. The highest BCUT2D eigenvalue weighted by Crippen LogP contribution is 2.39. The summed E-state index contributed by atoms with van der Waals surface area (Å²) in [6.45, 7) is 2.92. The number of nitrogens with one attached hydrogen (secondary N) is 1. The first-order valence-electron chi connectivity index (χ1n) is 8.27. The van der Waals surface area contributed by atoms with Crippen LogP contribution in [0.4, 0.5) is 0 Å². The second-order valence-corrected chi connectivity index (χ2v) is 5.89. The number of methoxy groups -OCH3 is 1. The van der Waals surface area contributed by atoms with E-state index in [1.165, 1.54) is 0 Å². The van der Waals surface area contributed by atoms with Gasteiger partial charge >= 0.3 is 0 Å². The van der Waals surface area contributed by atoms with Crippen molar-refractivity contribution in [3.63, 3.8) is 0 Å². The van der Waals surface area contributed by atoms with Gasteiger partial charge in [-0.25, -0.2) is 0 Å². The van der Waals surface area contributed by atoms with Crippen LogP contribution in [-0.2, 0) is 9.59 Å². The van der Waals surface area contributed by atoms with Crippen molar-refractivity contribution in [2.45, 2.75) is 32.2 Å². The number of likely N-dealkylation sites (tertiary alicyclic amines) is 1. The minimum absolute atomic E-state index is 0.0186. The summed E-state index contributed by atoms with van der Waals surface area (Å²) in [5, 5.41) is 2.72. The number of terminal acetylenes is 1. The maximum Gasteiger partial charge on any atom is 0.226 e. The van der Waals surface area contributed by atoms with Crippen LogP contribution in [0.15, 0.2) is 24.3 Å². The number of benzene rings is 1. The van der Waals surface area contributed by atoms with Crippen LogP contribution in [0, 0.1) is 18.3 Å². The molecule has 0 saturated carbocycles. The number of carbonyl (C=O) groups excluding carboxylic acids is 2. The van der Waals surface area contributed by atoms with Crippen LogP contribution in [0.1, 0.15) is 37.8 Å². The van der Waals surface area contributed by atoms with Crippen molar-refractivity contribution in [1.82, 2.24) is 10.2 Å². The number of hydrogen-bond donors (Lipinski definition) is 1. The van der Waals surface area contributed by atoms with E-state index < -0.39 is 5.92 Å². The van der Waals surface area contributed by atoms with Crippen LogP contribution >= 0.6 is 0 Å². The van der Waals surface area contributed by atoms with Crippen LogP contribution in [0.2, 0.25) is 0 Å². The Morgan fingerprint density at radius 2 is 2.12 bits per heavy atom. The molecule has 24 heavy (non-hydrogen) atoms. The minimum atomic E-state index is -0.420. The summed E-state index contributed by atoms with van der Waals surface area (Å²) in [5.74, 6) is 2.58. The maximum absolute atomic E-state index is 12.5. The molecule has 1 aromatic carbocycles. The fourth-order valence-corrected chi connectivity index (χ4v) is 3.10. The predicted molar refractivity (Wildman–Crippen MR) is 92.3 cm³/mol. The second kappa shape index (κ2) is 8.39. The fraction of sp³-hybridized carbons (Fsp3) is 0.474. The van der Waals surface area contributed by atoms with E-state index >= 15 is 0 Å². The third kappa shape index (κ3) is 3.88. The highest BCUT2D eigenvalue weighted by atomic mass is 16.5. The molecule has 5 heteroatoms. The molecule has 0 aliphatic carbocycles. The topological polar surface area (TPSA) is 58.6 Å². The van der Waals surface area contributed by atoms with Gasteiger partial charge in [0, 0.05) is 13.0 Å². The van der Waals surface area contributed by atoms with E-state index in [2.05, 4.69) is 18.2 Å². The standard InChI is InChI=1S/C19H24N2O3/c1-4-6-12-21-17(22)13-16(19(23)20-11-5-2)18(21)14-7-9-15(24-3)10-8-14/h2,7-10,16,18H,4,6,11-13H2,1,3H3,(H,20,23). The Labute approximate surface area is 143 Å². The molecule has 128 valence electrons. The SMILES string of the molecule is C#CCNC(=O)C1CC(=O)N(CCCC)C1c1ccc(OC)cc1. The molecule has 2 amide bonds. The molecule has 1 aromatic rings. The van der Waals surface area contributed by atoms with E-state index in [1.54, 1.807) is 7.11 Å². The molecule has 2 unspecified atom stereocenters. The molecule has 0 aromatic heterocycles. The summed E-state index contributed by atoms with van der Waals surface area (Å²) >= 11 is 0. The molecule has 1 fully saturated rings. The van der Waals surface area contributed by atoms with Crippen LogP contribution in [0.5, 0.6) is 5.75 Å². The Hall–Kier alpha value is -2.48. The quantitative estimate of drug-likeness (QED) is 0.780. The molecule has 2 atom stereocenters. The molecular weight excluding hydrogens is 304 g/mol. The lowest BCUT2D eigenvalue weighted by Crippen LogP contribution is -2.36. The Morgan fingerprint density at radius 3 is 2.71 bits per heavy atom. The van der Waals surface area contributed by atoms with Crippen molar-refractivity contribution in [2.24, 2.45) is 5.92 Å². The monoisotopic (exact) mass is 328 g/mol. The van der Waals surface area contributed by atoms with Crippen molar-refractivity contribution in [1.29, 1.82) is 0 Å². The lowest BCUT2D eigenvalue weighted by Gasteiger charge is -2.28. The van der Waals surface area contributed by atoms with Gasteiger partial charge in [-0.1, -0.05) is 31.4 Å². The van der Waals surface area contributed by atoms with Gasteiger partial charge in [0.1, 0.15) is 5.75 Å². The number of unbranched alkanes of at least 4 members (excludes halogenated alkanes) is 1. The van der Waals surface area contributed by atoms with Crippen molar-refractivity contribution >= 4 is 11.8 Å². The van der Waals surface area contributed by atoms with Crippen LogP contribution in [0.3, 0.4) is 0 Å². The Balaban J connectivity index is 2.29. The summed E-state index contributed by atoms with van der Waals surface area (Å²) in [4.78, 5) is 26.7. The van der Waals surface area contributed by atoms with E-state index in [0.717, 1.165) is 24.2 Å². The van der Waals surface area contributed by atoms with Crippen molar-refractivity contribution in [3.8, 4) is 18.1 Å². The van der Waals surface area contributed by atoms with Gasteiger partial charge in [-0.3, -0.25) is 9.59 Å². The van der Waals surface area contributed by atoms with Crippen LogP contribution in [-0.4, -0.2) is 36.9 Å². The van der Waals surface area contributed by atoms with Crippen molar-refractivity contribution < 1.29 is 14.3 Å². The van der Waals surface area contributed by atoms with E-state index in [1.807, 2.05) is 29.2 Å².